The summed E-state index contributed by atoms with van der Waals surface area (Å²) in [5, 5.41) is 1.55. The van der Waals surface area contributed by atoms with Crippen LogP contribution in [0.4, 0.5) is 5.69 Å². The number of nitrogens with one attached hydrogen (secondary N) is 1. The molecule has 21 heavy (non-hydrogen) atoms. The molecule has 0 spiro atoms. The molecule has 1 aromatic carbocycles. The predicted molar refractivity (Wildman–Crippen MR) is 82.3 cm³/mol. The number of hydrogen-bond donors (Lipinski definition) is 1. The van der Waals surface area contributed by atoms with Gasteiger partial charge in [0.15, 0.2) is 0 Å². The normalized spacial score (nSPS) is 11.1. The number of thiophene rings is 1. The van der Waals surface area contributed by atoms with Crippen LogP contribution in [0.5, 0.6) is 0 Å². The molecule has 1 heterocycles. The van der Waals surface area contributed by atoms with Gasteiger partial charge in [0.25, 0.3) is 10.0 Å². The number of carbonyl (C=O) groups is 1. The smallest absolute Gasteiger partial charge is 0.349 e. The summed E-state index contributed by atoms with van der Waals surface area (Å²) in [6.45, 7) is 1.94. The molecule has 0 aliphatic heterocycles. The second-order valence-electron chi connectivity index (χ2n) is 4.22. The average molecular weight is 325 g/mol. The molecule has 2 aromatic rings. The third kappa shape index (κ3) is 3.25. The zero-order valence-electron chi connectivity index (χ0n) is 11.6. The van der Waals surface area contributed by atoms with E-state index < -0.39 is 16.0 Å². The fourth-order valence-electron chi connectivity index (χ4n) is 1.88. The molecular weight excluding hydrogens is 310 g/mol. The van der Waals surface area contributed by atoms with Gasteiger partial charge in [-0.25, -0.2) is 13.2 Å². The van der Waals surface area contributed by atoms with Crippen molar-refractivity contribution in [1.82, 2.24) is 0 Å². The molecule has 0 aliphatic rings. The molecule has 2 rings (SSSR count). The van der Waals surface area contributed by atoms with Crippen molar-refractivity contribution < 1.29 is 17.9 Å². The summed E-state index contributed by atoms with van der Waals surface area (Å²) >= 11 is 1.04. The molecule has 1 N–H and O–H groups in total. The van der Waals surface area contributed by atoms with Gasteiger partial charge in [0.2, 0.25) is 0 Å². The largest absolute Gasteiger partial charge is 0.465 e. The van der Waals surface area contributed by atoms with Crippen molar-refractivity contribution >= 4 is 33.0 Å². The second-order valence-corrected chi connectivity index (χ2v) is 6.79. The van der Waals surface area contributed by atoms with Gasteiger partial charge in [-0.1, -0.05) is 25.1 Å². The minimum absolute atomic E-state index is 0.0646. The van der Waals surface area contributed by atoms with Gasteiger partial charge in [0.05, 0.1) is 12.8 Å². The molecule has 0 radical (unpaired) electrons. The molecule has 0 aliphatic carbocycles. The highest BCUT2D eigenvalue weighted by molar-refractivity contribution is 7.93. The summed E-state index contributed by atoms with van der Waals surface area (Å²) in [4.78, 5) is 11.6. The number of benzene rings is 1. The second kappa shape index (κ2) is 6.28. The number of carbonyl (C=O) groups excluding carboxylic acids is 1. The molecule has 1 aromatic heterocycles. The molecule has 0 atom stereocenters. The fraction of sp³-hybridized carbons (Fsp3) is 0.214. The summed E-state index contributed by atoms with van der Waals surface area (Å²) < 4.78 is 32.1. The highest BCUT2D eigenvalue weighted by Crippen LogP contribution is 2.26. The van der Waals surface area contributed by atoms with Gasteiger partial charge in [-0.05, 0) is 29.5 Å². The third-order valence-electron chi connectivity index (χ3n) is 2.93. The SMILES string of the molecule is CCc1ccccc1NS(=O)(=O)c1ccsc1C(=O)OC. The highest BCUT2D eigenvalue weighted by Gasteiger charge is 2.25. The van der Waals surface area contributed by atoms with E-state index in [-0.39, 0.29) is 9.77 Å². The van der Waals surface area contributed by atoms with E-state index in [0.29, 0.717) is 12.1 Å². The molecular formula is C14H15NO4S2. The summed E-state index contributed by atoms with van der Waals surface area (Å²) in [5.41, 5.74) is 1.40. The first-order chi connectivity index (χ1) is 9.99. The van der Waals surface area contributed by atoms with E-state index >= 15 is 0 Å². The van der Waals surface area contributed by atoms with Gasteiger partial charge in [0.1, 0.15) is 9.77 Å². The minimum Gasteiger partial charge on any atom is -0.465 e. The molecule has 0 fully saturated rings. The fourth-order valence-corrected chi connectivity index (χ4v) is 4.32. The summed E-state index contributed by atoms with van der Waals surface area (Å²) in [6, 6.07) is 8.55. The number of hydrogen-bond acceptors (Lipinski definition) is 5. The number of methoxy groups -OCH3 is 1. The number of aryl methyl sites for hydroxylation is 1. The Morgan fingerprint density at radius 2 is 2.00 bits per heavy atom. The monoisotopic (exact) mass is 325 g/mol. The van der Waals surface area contributed by atoms with E-state index in [1.807, 2.05) is 19.1 Å². The van der Waals surface area contributed by atoms with Crippen molar-refractivity contribution in [2.24, 2.45) is 0 Å². The zero-order chi connectivity index (χ0) is 15.5. The Balaban J connectivity index is 2.40. The van der Waals surface area contributed by atoms with Crippen molar-refractivity contribution in [1.29, 1.82) is 0 Å². The number of rotatable bonds is 5. The van der Waals surface area contributed by atoms with Crippen LogP contribution in [0.25, 0.3) is 0 Å². The van der Waals surface area contributed by atoms with E-state index in [1.54, 1.807) is 17.5 Å². The van der Waals surface area contributed by atoms with Crippen molar-refractivity contribution in [2.75, 3.05) is 11.8 Å². The third-order valence-corrected chi connectivity index (χ3v) is 5.36. The topological polar surface area (TPSA) is 72.5 Å². The van der Waals surface area contributed by atoms with Gasteiger partial charge in [-0.15, -0.1) is 11.3 Å². The lowest BCUT2D eigenvalue weighted by molar-refractivity contribution is 0.0602. The van der Waals surface area contributed by atoms with Crippen LogP contribution in [0.1, 0.15) is 22.2 Å². The highest BCUT2D eigenvalue weighted by atomic mass is 32.2. The number of para-hydroxylation sites is 1. The Morgan fingerprint density at radius 3 is 2.67 bits per heavy atom. The molecule has 0 bridgehead atoms. The molecule has 5 nitrogen and oxygen atoms in total. The Kier molecular flexibility index (Phi) is 4.64. The van der Waals surface area contributed by atoms with Crippen LogP contribution < -0.4 is 4.72 Å². The van der Waals surface area contributed by atoms with Crippen LogP contribution in [0.2, 0.25) is 0 Å². The molecule has 0 saturated carbocycles. The number of esters is 1. The van der Waals surface area contributed by atoms with Gasteiger partial charge in [-0.3, -0.25) is 4.72 Å². The van der Waals surface area contributed by atoms with E-state index in [9.17, 15) is 13.2 Å². The summed E-state index contributed by atoms with van der Waals surface area (Å²) in [7, 11) is -2.61. The Morgan fingerprint density at radius 1 is 1.29 bits per heavy atom. The van der Waals surface area contributed by atoms with Crippen molar-refractivity contribution in [3.63, 3.8) is 0 Å². The molecule has 7 heteroatoms. The van der Waals surface area contributed by atoms with Crippen LogP contribution in [0.15, 0.2) is 40.6 Å². The first kappa shape index (κ1) is 15.5. The van der Waals surface area contributed by atoms with E-state index in [1.165, 1.54) is 13.2 Å². The van der Waals surface area contributed by atoms with Crippen molar-refractivity contribution in [3.05, 3.63) is 46.2 Å². The van der Waals surface area contributed by atoms with Gasteiger partial charge >= 0.3 is 5.97 Å². The van der Waals surface area contributed by atoms with Crippen LogP contribution >= 0.6 is 11.3 Å². The van der Waals surface area contributed by atoms with Crippen LogP contribution in [0, 0.1) is 0 Å². The lowest BCUT2D eigenvalue weighted by atomic mass is 10.1. The Hall–Kier alpha value is -1.86. The van der Waals surface area contributed by atoms with Crippen molar-refractivity contribution in [3.8, 4) is 0 Å². The molecule has 0 unspecified atom stereocenters. The average Bonchev–Trinajstić information content (AvgIpc) is 2.97. The first-order valence-corrected chi connectivity index (χ1v) is 8.62. The summed E-state index contributed by atoms with van der Waals surface area (Å²) in [5.74, 6) is -0.658. The quantitative estimate of drug-likeness (QED) is 0.858. The Labute approximate surface area is 127 Å². The number of anilines is 1. The van der Waals surface area contributed by atoms with E-state index in [2.05, 4.69) is 9.46 Å². The van der Waals surface area contributed by atoms with Crippen LogP contribution in [0.3, 0.4) is 0 Å². The maximum Gasteiger partial charge on any atom is 0.349 e. The zero-order valence-corrected chi connectivity index (χ0v) is 13.3. The predicted octanol–water partition coefficient (Wildman–Crippen LogP) is 2.90. The number of ether oxygens (including phenoxy) is 1. The maximum atomic E-state index is 12.5. The lowest BCUT2D eigenvalue weighted by Gasteiger charge is -2.11. The van der Waals surface area contributed by atoms with Gasteiger partial charge in [0, 0.05) is 0 Å². The standard InChI is InChI=1S/C14H15NO4S2/c1-3-10-6-4-5-7-11(10)15-21(17,18)12-8-9-20-13(12)14(16)19-2/h4-9,15H,3H2,1-2H3. The van der Waals surface area contributed by atoms with E-state index in [0.717, 1.165) is 16.9 Å². The molecule has 0 amide bonds. The lowest BCUT2D eigenvalue weighted by Crippen LogP contribution is -2.16. The van der Waals surface area contributed by atoms with Gasteiger partial charge in [-0.2, -0.15) is 0 Å². The minimum atomic E-state index is -3.83. The first-order valence-electron chi connectivity index (χ1n) is 6.26. The number of sulfonamides is 1. The molecule has 112 valence electrons. The van der Waals surface area contributed by atoms with E-state index in [4.69, 9.17) is 0 Å². The molecule has 0 saturated heterocycles. The van der Waals surface area contributed by atoms with Gasteiger partial charge < -0.3 is 4.74 Å². The maximum absolute atomic E-state index is 12.5. The van der Waals surface area contributed by atoms with Crippen LogP contribution in [-0.2, 0) is 21.2 Å². The van der Waals surface area contributed by atoms with Crippen molar-refractivity contribution in [2.45, 2.75) is 18.2 Å². The van der Waals surface area contributed by atoms with Crippen LogP contribution in [-0.4, -0.2) is 21.5 Å². The summed E-state index contributed by atoms with van der Waals surface area (Å²) in [6.07, 6.45) is 0.701. The Bertz CT molecular complexity index is 750.